The zero-order chi connectivity index (χ0) is 29.0. The minimum absolute atomic E-state index is 0.00857. The number of imide groups is 1. The third-order valence-corrected chi connectivity index (χ3v) is 6.66. The Bertz CT molecular complexity index is 1510. The van der Waals surface area contributed by atoms with Crippen LogP contribution in [0.15, 0.2) is 65.6 Å². The van der Waals surface area contributed by atoms with Crippen molar-refractivity contribution in [3.63, 3.8) is 0 Å². The van der Waals surface area contributed by atoms with Crippen molar-refractivity contribution in [2.45, 2.75) is 12.8 Å². The van der Waals surface area contributed by atoms with Crippen molar-refractivity contribution in [1.82, 2.24) is 4.90 Å². The highest BCUT2D eigenvalue weighted by Gasteiger charge is 2.36. The van der Waals surface area contributed by atoms with Crippen molar-refractivity contribution in [1.29, 1.82) is 0 Å². The van der Waals surface area contributed by atoms with Crippen molar-refractivity contribution in [2.75, 3.05) is 19.0 Å². The number of methoxy groups -OCH3 is 1. The number of benzene rings is 3. The molecule has 4 rings (SSSR count). The molecule has 0 radical (unpaired) electrons. The van der Waals surface area contributed by atoms with Crippen molar-refractivity contribution < 1.29 is 41.4 Å². The summed E-state index contributed by atoms with van der Waals surface area (Å²) in [6.07, 6.45) is -3.23. The van der Waals surface area contributed by atoms with Gasteiger partial charge in [-0.15, -0.1) is 0 Å². The summed E-state index contributed by atoms with van der Waals surface area (Å²) in [5.74, 6) is -1.64. The van der Waals surface area contributed by atoms with Gasteiger partial charge in [0.15, 0.2) is 11.5 Å². The van der Waals surface area contributed by atoms with Crippen molar-refractivity contribution in [3.8, 4) is 11.5 Å². The summed E-state index contributed by atoms with van der Waals surface area (Å²) < 4.78 is 63.3. The molecule has 1 aliphatic heterocycles. The van der Waals surface area contributed by atoms with Gasteiger partial charge in [-0.1, -0.05) is 29.8 Å². The van der Waals surface area contributed by atoms with Crippen LogP contribution in [0, 0.1) is 5.82 Å². The zero-order valence-electron chi connectivity index (χ0n) is 20.6. The molecule has 0 aliphatic carbocycles. The second-order valence-corrected chi connectivity index (χ2v) is 9.75. The van der Waals surface area contributed by atoms with Gasteiger partial charge in [0.05, 0.1) is 22.6 Å². The molecule has 3 aromatic rings. The van der Waals surface area contributed by atoms with Crippen LogP contribution in [0.5, 0.6) is 11.5 Å². The molecule has 0 bridgehead atoms. The van der Waals surface area contributed by atoms with E-state index >= 15 is 0 Å². The minimum Gasteiger partial charge on any atom is -0.493 e. The lowest BCUT2D eigenvalue weighted by Gasteiger charge is -2.14. The summed E-state index contributed by atoms with van der Waals surface area (Å²) in [7, 11) is 1.38. The highest BCUT2D eigenvalue weighted by Crippen LogP contribution is 2.39. The summed E-state index contributed by atoms with van der Waals surface area (Å²) >= 11 is 6.96. The number of halogens is 5. The Hall–Kier alpha value is -4.03. The van der Waals surface area contributed by atoms with Gasteiger partial charge in [-0.3, -0.25) is 19.3 Å². The highest BCUT2D eigenvalue weighted by molar-refractivity contribution is 8.18. The maximum atomic E-state index is 13.4. The van der Waals surface area contributed by atoms with Crippen molar-refractivity contribution in [2.24, 2.45) is 0 Å². The van der Waals surface area contributed by atoms with E-state index in [-0.39, 0.29) is 33.7 Å². The van der Waals surface area contributed by atoms with E-state index < -0.39 is 41.2 Å². The first-order chi connectivity index (χ1) is 18.9. The van der Waals surface area contributed by atoms with Gasteiger partial charge >= 0.3 is 6.18 Å². The summed E-state index contributed by atoms with van der Waals surface area (Å²) in [6, 6.07) is 12.8. The Balaban J connectivity index is 1.46. The first-order valence-electron chi connectivity index (χ1n) is 11.4. The summed E-state index contributed by atoms with van der Waals surface area (Å²) in [5.41, 5.74) is -0.144. The zero-order valence-corrected chi connectivity index (χ0v) is 22.1. The van der Waals surface area contributed by atoms with E-state index in [1.54, 1.807) is 6.07 Å². The number of carbonyl (C=O) groups is 3. The van der Waals surface area contributed by atoms with Crippen LogP contribution in [0.4, 0.5) is 28.0 Å². The number of alkyl halides is 3. The van der Waals surface area contributed by atoms with Crippen molar-refractivity contribution in [3.05, 3.63) is 93.1 Å². The predicted molar refractivity (Wildman–Crippen MR) is 141 cm³/mol. The van der Waals surface area contributed by atoms with Gasteiger partial charge in [0.25, 0.3) is 11.1 Å². The van der Waals surface area contributed by atoms with E-state index in [4.69, 9.17) is 21.1 Å². The monoisotopic (exact) mass is 594 g/mol. The average molecular weight is 595 g/mol. The highest BCUT2D eigenvalue weighted by atomic mass is 35.5. The third-order valence-electron chi connectivity index (χ3n) is 5.47. The van der Waals surface area contributed by atoms with Crippen LogP contribution < -0.4 is 14.8 Å². The van der Waals surface area contributed by atoms with E-state index in [0.29, 0.717) is 27.8 Å². The molecule has 0 unspecified atom stereocenters. The SMILES string of the molecule is COc1cc(/C=C2\SC(=O)N(CC(=O)Nc3cccc(C(F)(F)F)c3)C2=O)cc(Cl)c1OCc1cccc(F)c1. The number of nitrogens with one attached hydrogen (secondary N) is 1. The molecule has 40 heavy (non-hydrogen) atoms. The molecule has 0 saturated carbocycles. The molecule has 208 valence electrons. The molecule has 0 spiro atoms. The fourth-order valence-corrected chi connectivity index (χ4v) is 4.76. The number of thioether (sulfide) groups is 1. The summed E-state index contributed by atoms with van der Waals surface area (Å²) in [5, 5.41) is 1.65. The summed E-state index contributed by atoms with van der Waals surface area (Å²) in [4.78, 5) is 38.4. The van der Waals surface area contributed by atoms with Gasteiger partial charge in [0.2, 0.25) is 5.91 Å². The quantitative estimate of drug-likeness (QED) is 0.229. The smallest absolute Gasteiger partial charge is 0.416 e. The molecule has 1 N–H and O–H groups in total. The Morgan fingerprint density at radius 3 is 2.55 bits per heavy atom. The first kappa shape index (κ1) is 29.0. The van der Waals surface area contributed by atoms with Crippen LogP contribution in [-0.2, 0) is 22.4 Å². The van der Waals surface area contributed by atoms with E-state index in [1.807, 2.05) is 0 Å². The molecule has 1 heterocycles. The van der Waals surface area contributed by atoms with Gasteiger partial charge < -0.3 is 14.8 Å². The van der Waals surface area contributed by atoms with E-state index in [9.17, 15) is 31.9 Å². The van der Waals surface area contributed by atoms with E-state index in [2.05, 4.69) is 5.32 Å². The Morgan fingerprint density at radius 1 is 1.10 bits per heavy atom. The van der Waals surface area contributed by atoms with Crippen LogP contribution in [0.1, 0.15) is 16.7 Å². The number of hydrogen-bond acceptors (Lipinski definition) is 6. The fraction of sp³-hybridized carbons (Fsp3) is 0.148. The lowest BCUT2D eigenvalue weighted by atomic mass is 10.1. The molecule has 1 aliphatic rings. The van der Waals surface area contributed by atoms with Gasteiger partial charge in [0.1, 0.15) is 19.0 Å². The fourth-order valence-electron chi connectivity index (χ4n) is 3.65. The molecule has 13 heteroatoms. The second-order valence-electron chi connectivity index (χ2n) is 8.35. The van der Waals surface area contributed by atoms with Crippen LogP contribution in [0.2, 0.25) is 5.02 Å². The minimum atomic E-state index is -4.60. The van der Waals surface area contributed by atoms with Gasteiger partial charge in [-0.25, -0.2) is 4.39 Å². The molecular formula is C27H19ClF4N2O5S. The maximum Gasteiger partial charge on any atom is 0.416 e. The largest absolute Gasteiger partial charge is 0.493 e. The molecule has 3 amide bonds. The first-order valence-corrected chi connectivity index (χ1v) is 12.6. The molecule has 3 aromatic carbocycles. The Kier molecular flexibility index (Phi) is 8.70. The lowest BCUT2D eigenvalue weighted by Crippen LogP contribution is -2.36. The van der Waals surface area contributed by atoms with Crippen LogP contribution in [0.3, 0.4) is 0 Å². The second kappa shape index (κ2) is 12.0. The number of ether oxygens (including phenoxy) is 2. The molecule has 1 fully saturated rings. The number of carbonyl (C=O) groups excluding carboxylic acids is 3. The number of rotatable bonds is 8. The molecule has 0 atom stereocenters. The van der Waals surface area contributed by atoms with Crippen LogP contribution >= 0.6 is 23.4 Å². The van der Waals surface area contributed by atoms with Gasteiger partial charge in [-0.2, -0.15) is 13.2 Å². The molecule has 1 saturated heterocycles. The van der Waals surface area contributed by atoms with Crippen LogP contribution in [0.25, 0.3) is 6.08 Å². The van der Waals surface area contributed by atoms with Gasteiger partial charge in [-0.05, 0) is 71.4 Å². The normalized spacial score (nSPS) is 14.6. The average Bonchev–Trinajstić information content (AvgIpc) is 3.14. The Labute approximate surface area is 234 Å². The topological polar surface area (TPSA) is 84.9 Å². The standard InChI is InChI=1S/C27H19ClF4N2O5S/c1-38-21-10-16(9-20(28)24(21)39-14-15-4-2-6-18(29)8-15)11-22-25(36)34(26(37)40-22)13-23(35)33-19-7-3-5-17(12-19)27(30,31)32/h2-12H,13-14H2,1H3,(H,33,35)/b22-11-. The third kappa shape index (κ3) is 6.93. The number of anilines is 1. The molecule has 0 aromatic heterocycles. The van der Waals surface area contributed by atoms with E-state index in [0.717, 1.165) is 18.2 Å². The van der Waals surface area contributed by atoms with Crippen LogP contribution in [-0.4, -0.2) is 35.6 Å². The summed E-state index contributed by atoms with van der Waals surface area (Å²) in [6.45, 7) is -0.691. The van der Waals surface area contributed by atoms with Gasteiger partial charge in [0, 0.05) is 5.69 Å². The Morgan fingerprint density at radius 2 is 1.85 bits per heavy atom. The number of hydrogen-bond donors (Lipinski definition) is 1. The van der Waals surface area contributed by atoms with Crippen molar-refractivity contribution >= 4 is 52.2 Å². The molecule has 7 nitrogen and oxygen atoms in total. The number of amides is 3. The maximum absolute atomic E-state index is 13.4. The predicted octanol–water partition coefficient (Wildman–Crippen LogP) is 6.76. The molecular weight excluding hydrogens is 576 g/mol. The van der Waals surface area contributed by atoms with E-state index in [1.165, 1.54) is 49.6 Å². The lowest BCUT2D eigenvalue weighted by molar-refractivity contribution is -0.137. The number of nitrogens with zero attached hydrogens (tertiary/aromatic N) is 1.